The number of phenols is 1. The first-order valence-electron chi connectivity index (χ1n) is 3.71. The van der Waals surface area contributed by atoms with Crippen LogP contribution in [0.15, 0.2) is 17.0 Å². The molecule has 0 spiro atoms. The highest BCUT2D eigenvalue weighted by Gasteiger charge is 2.18. The van der Waals surface area contributed by atoms with Crippen LogP contribution in [0.3, 0.4) is 0 Å². The van der Waals surface area contributed by atoms with Crippen molar-refractivity contribution in [3.05, 3.63) is 23.3 Å². The van der Waals surface area contributed by atoms with Gasteiger partial charge in [0.1, 0.15) is 11.8 Å². The van der Waals surface area contributed by atoms with Crippen molar-refractivity contribution < 1.29 is 18.6 Å². The highest BCUT2D eigenvalue weighted by Crippen LogP contribution is 2.27. The second-order valence-corrected chi connectivity index (χ2v) is 5.22. The Labute approximate surface area is 90.6 Å². The molecule has 0 amide bonds. The van der Waals surface area contributed by atoms with E-state index in [-0.39, 0.29) is 11.1 Å². The number of nitriles is 1. The van der Waals surface area contributed by atoms with E-state index in [0.717, 1.165) is 12.1 Å². The summed E-state index contributed by atoms with van der Waals surface area (Å²) < 4.78 is 22.0. The fourth-order valence-electron chi connectivity index (χ4n) is 1.05. The van der Waals surface area contributed by atoms with Crippen molar-refractivity contribution in [2.24, 2.45) is 0 Å². The van der Waals surface area contributed by atoms with Gasteiger partial charge in [-0.1, -0.05) is 0 Å². The van der Waals surface area contributed by atoms with Crippen LogP contribution in [-0.2, 0) is 15.7 Å². The average Bonchev–Trinajstić information content (AvgIpc) is 2.16. The fourth-order valence-corrected chi connectivity index (χ4v) is 2.17. The maximum absolute atomic E-state index is 11.0. The monoisotopic (exact) mass is 247 g/mol. The number of halogens is 1. The standard InChI is InChI=1S/C8H6ClNO4S/c9-15(13,14)8-2-7(12)5(3-10)1-6(8)4-11/h1-2,11-12H,4H2. The topological polar surface area (TPSA) is 98.4 Å². The minimum absolute atomic E-state index is 0.0284. The summed E-state index contributed by atoms with van der Waals surface area (Å²) in [4.78, 5) is -0.400. The van der Waals surface area contributed by atoms with Gasteiger partial charge in [0.25, 0.3) is 9.05 Å². The van der Waals surface area contributed by atoms with Crippen LogP contribution < -0.4 is 0 Å². The Morgan fingerprint density at radius 1 is 1.47 bits per heavy atom. The van der Waals surface area contributed by atoms with Gasteiger partial charge in [-0.15, -0.1) is 0 Å². The van der Waals surface area contributed by atoms with Crippen LogP contribution in [0.1, 0.15) is 11.1 Å². The second-order valence-electron chi connectivity index (χ2n) is 2.68. The van der Waals surface area contributed by atoms with Gasteiger partial charge in [0.2, 0.25) is 0 Å². The first-order valence-corrected chi connectivity index (χ1v) is 6.02. The highest BCUT2D eigenvalue weighted by molar-refractivity contribution is 8.13. The molecule has 0 aliphatic heterocycles. The lowest BCUT2D eigenvalue weighted by Crippen LogP contribution is -1.99. The van der Waals surface area contributed by atoms with Gasteiger partial charge in [-0.2, -0.15) is 5.26 Å². The lowest BCUT2D eigenvalue weighted by Gasteiger charge is -2.05. The molecule has 0 aliphatic rings. The van der Waals surface area contributed by atoms with Gasteiger partial charge in [0.05, 0.1) is 17.1 Å². The zero-order chi connectivity index (χ0) is 11.6. The van der Waals surface area contributed by atoms with Crippen molar-refractivity contribution in [3.8, 4) is 11.8 Å². The Morgan fingerprint density at radius 3 is 2.47 bits per heavy atom. The third kappa shape index (κ3) is 2.39. The molecule has 7 heteroatoms. The van der Waals surface area contributed by atoms with Gasteiger partial charge in [-0.3, -0.25) is 0 Å². The number of aromatic hydroxyl groups is 1. The zero-order valence-corrected chi connectivity index (χ0v) is 8.88. The van der Waals surface area contributed by atoms with Gasteiger partial charge in [0, 0.05) is 16.7 Å². The molecule has 0 saturated heterocycles. The van der Waals surface area contributed by atoms with Crippen LogP contribution in [0.2, 0.25) is 0 Å². The first-order chi connectivity index (χ1) is 6.90. The third-order valence-electron chi connectivity index (χ3n) is 1.73. The quantitative estimate of drug-likeness (QED) is 0.749. The Kier molecular flexibility index (Phi) is 3.19. The molecule has 0 fully saturated rings. The van der Waals surface area contributed by atoms with Crippen LogP contribution in [0.5, 0.6) is 5.75 Å². The van der Waals surface area contributed by atoms with E-state index in [9.17, 15) is 13.5 Å². The van der Waals surface area contributed by atoms with E-state index in [1.54, 1.807) is 6.07 Å². The van der Waals surface area contributed by atoms with Crippen molar-refractivity contribution in [1.29, 1.82) is 5.26 Å². The van der Waals surface area contributed by atoms with E-state index in [0.29, 0.717) is 0 Å². The molecule has 15 heavy (non-hydrogen) atoms. The number of aliphatic hydroxyl groups excluding tert-OH is 1. The smallest absolute Gasteiger partial charge is 0.261 e. The Balaban J connectivity index is 3.57. The van der Waals surface area contributed by atoms with Crippen LogP contribution in [0, 0.1) is 11.3 Å². The van der Waals surface area contributed by atoms with E-state index < -0.39 is 26.3 Å². The molecule has 1 aromatic rings. The summed E-state index contributed by atoms with van der Waals surface area (Å²) in [5.41, 5.74) is -0.150. The molecular weight excluding hydrogens is 242 g/mol. The predicted molar refractivity (Wildman–Crippen MR) is 51.8 cm³/mol. The minimum atomic E-state index is -4.05. The maximum Gasteiger partial charge on any atom is 0.261 e. The molecule has 1 aromatic carbocycles. The van der Waals surface area contributed by atoms with Crippen molar-refractivity contribution in [3.63, 3.8) is 0 Å². The van der Waals surface area contributed by atoms with Crippen molar-refractivity contribution in [2.45, 2.75) is 11.5 Å². The average molecular weight is 248 g/mol. The number of nitrogens with zero attached hydrogens (tertiary/aromatic N) is 1. The summed E-state index contributed by atoms with van der Waals surface area (Å²) in [5, 5.41) is 26.7. The van der Waals surface area contributed by atoms with Gasteiger partial charge in [0.15, 0.2) is 0 Å². The number of benzene rings is 1. The van der Waals surface area contributed by atoms with E-state index in [2.05, 4.69) is 0 Å². The number of rotatable bonds is 2. The summed E-state index contributed by atoms with van der Waals surface area (Å²) >= 11 is 0. The Morgan fingerprint density at radius 2 is 2.07 bits per heavy atom. The third-order valence-corrected chi connectivity index (χ3v) is 3.14. The highest BCUT2D eigenvalue weighted by atomic mass is 35.7. The van der Waals surface area contributed by atoms with Crippen LogP contribution in [0.4, 0.5) is 0 Å². The zero-order valence-electron chi connectivity index (χ0n) is 7.31. The van der Waals surface area contributed by atoms with Crippen LogP contribution >= 0.6 is 10.7 Å². The molecule has 5 nitrogen and oxygen atoms in total. The minimum Gasteiger partial charge on any atom is -0.507 e. The molecule has 0 saturated carbocycles. The Bertz CT molecular complexity index is 532. The van der Waals surface area contributed by atoms with Crippen molar-refractivity contribution in [1.82, 2.24) is 0 Å². The molecule has 0 heterocycles. The van der Waals surface area contributed by atoms with Gasteiger partial charge >= 0.3 is 0 Å². The number of hydrogen-bond donors (Lipinski definition) is 2. The molecule has 1 rings (SSSR count). The number of hydrogen-bond acceptors (Lipinski definition) is 5. The first kappa shape index (κ1) is 11.8. The molecule has 0 aromatic heterocycles. The normalized spacial score (nSPS) is 11.0. The Hall–Kier alpha value is -1.29. The van der Waals surface area contributed by atoms with E-state index in [1.165, 1.54) is 0 Å². The van der Waals surface area contributed by atoms with Gasteiger partial charge < -0.3 is 10.2 Å². The molecule has 0 bridgehead atoms. The van der Waals surface area contributed by atoms with Crippen LogP contribution in [0.25, 0.3) is 0 Å². The molecule has 0 radical (unpaired) electrons. The SMILES string of the molecule is N#Cc1cc(CO)c(S(=O)(=O)Cl)cc1O. The number of aliphatic hydroxyl groups is 1. The number of phenolic OH excluding ortho intramolecular Hbond substituents is 1. The largest absolute Gasteiger partial charge is 0.507 e. The molecule has 80 valence electrons. The van der Waals surface area contributed by atoms with E-state index >= 15 is 0 Å². The molecule has 0 aliphatic carbocycles. The summed E-state index contributed by atoms with van der Waals surface area (Å²) in [6.07, 6.45) is 0. The van der Waals surface area contributed by atoms with Crippen molar-refractivity contribution in [2.75, 3.05) is 0 Å². The lowest BCUT2D eigenvalue weighted by atomic mass is 10.1. The summed E-state index contributed by atoms with van der Waals surface area (Å²) in [5.74, 6) is -0.492. The van der Waals surface area contributed by atoms with Gasteiger partial charge in [-0.25, -0.2) is 8.42 Å². The molecular formula is C8H6ClNO4S. The fraction of sp³-hybridized carbons (Fsp3) is 0.125. The van der Waals surface area contributed by atoms with Gasteiger partial charge in [-0.05, 0) is 11.6 Å². The molecule has 0 atom stereocenters. The van der Waals surface area contributed by atoms with E-state index in [4.69, 9.17) is 21.1 Å². The molecule has 0 unspecified atom stereocenters. The lowest BCUT2D eigenvalue weighted by molar-refractivity contribution is 0.278. The van der Waals surface area contributed by atoms with E-state index in [1.807, 2.05) is 0 Å². The van der Waals surface area contributed by atoms with Crippen molar-refractivity contribution >= 4 is 19.7 Å². The summed E-state index contributed by atoms with van der Waals surface area (Å²) in [6.45, 7) is -0.587. The maximum atomic E-state index is 11.0. The predicted octanol–water partition coefficient (Wildman–Crippen LogP) is 0.684. The molecule has 2 N–H and O–H groups in total. The second kappa shape index (κ2) is 4.06. The summed E-state index contributed by atoms with van der Waals surface area (Å²) in [7, 11) is 1.03. The van der Waals surface area contributed by atoms with Crippen LogP contribution in [-0.4, -0.2) is 18.6 Å². The summed E-state index contributed by atoms with van der Waals surface area (Å²) in [6, 6.07) is 3.56.